The largest absolute Gasteiger partial charge is 0.551 e. The van der Waals surface area contributed by atoms with E-state index in [1.54, 1.807) is 0 Å². The molecule has 0 saturated heterocycles. The van der Waals surface area contributed by atoms with Gasteiger partial charge in [-0.3, -0.25) is 0 Å². The molecule has 2 aliphatic rings. The molecule has 4 rings (SSSR count). The van der Waals surface area contributed by atoms with Crippen LogP contribution in [0, 0.1) is 0 Å². The average molecular weight is 285 g/mol. The van der Waals surface area contributed by atoms with Crippen LogP contribution in [-0.2, 0) is 0 Å². The minimum Gasteiger partial charge on any atom is -0.551 e. The molecule has 0 radical (unpaired) electrons. The Balaban J connectivity index is 2.00. The van der Waals surface area contributed by atoms with Gasteiger partial charge in [-0.1, -0.05) is 49.1 Å². The lowest BCUT2D eigenvalue weighted by Crippen LogP contribution is -2.46. The van der Waals surface area contributed by atoms with Crippen molar-refractivity contribution in [2.75, 3.05) is 5.32 Å². The van der Waals surface area contributed by atoms with Gasteiger partial charge in [0.15, 0.2) is 0 Å². The van der Waals surface area contributed by atoms with E-state index in [2.05, 4.69) is 49.2 Å². The van der Waals surface area contributed by atoms with Crippen molar-refractivity contribution >= 4 is 23.6 Å². The minimum absolute atomic E-state index is 0.0912. The number of nitrogens with one attached hydrogen (secondary N) is 1. The number of rotatable bonds is 1. The fraction of sp³-hybridized carbons (Fsp3) is 0.0526. The summed E-state index contributed by atoms with van der Waals surface area (Å²) in [5.41, 5.74) is 6.78. The van der Waals surface area contributed by atoms with Crippen LogP contribution >= 0.6 is 0 Å². The summed E-state index contributed by atoms with van der Waals surface area (Å²) in [5, 5.41) is 3.48. The van der Waals surface area contributed by atoms with Crippen molar-refractivity contribution in [1.29, 1.82) is 0 Å². The summed E-state index contributed by atoms with van der Waals surface area (Å²) in [6.45, 7) is 5.95. The first-order valence-electron chi connectivity index (χ1n) is 7.48. The topological polar surface area (TPSA) is 21.3 Å². The highest BCUT2D eigenvalue weighted by Gasteiger charge is 2.40. The summed E-state index contributed by atoms with van der Waals surface area (Å²) in [5.74, 6) is 0.935. The maximum absolute atomic E-state index is 6.34. The van der Waals surface area contributed by atoms with Crippen molar-refractivity contribution in [2.24, 2.45) is 0 Å². The number of anilines is 1. The van der Waals surface area contributed by atoms with Crippen LogP contribution in [0.1, 0.15) is 12.5 Å². The fourth-order valence-electron chi connectivity index (χ4n) is 3.29. The molecule has 0 atom stereocenters. The summed E-state index contributed by atoms with van der Waals surface area (Å²) in [7, 11) is 0. The first-order chi connectivity index (χ1) is 10.8. The van der Waals surface area contributed by atoms with Crippen molar-refractivity contribution in [3.63, 3.8) is 0 Å². The Labute approximate surface area is 130 Å². The molecule has 0 unspecified atom stereocenters. The monoisotopic (exact) mass is 285 g/mol. The molecular formula is C19H16BNO. The molecule has 1 N–H and O–H groups in total. The molecule has 0 spiro atoms. The van der Waals surface area contributed by atoms with Crippen LogP contribution in [0.15, 0.2) is 78.4 Å². The second-order valence-corrected chi connectivity index (χ2v) is 5.44. The highest BCUT2D eigenvalue weighted by atomic mass is 16.4. The average Bonchev–Trinajstić information content (AvgIpc) is 2.59. The minimum atomic E-state index is -0.0912. The number of allylic oxidation sites excluding steroid dienone is 4. The highest BCUT2D eigenvalue weighted by molar-refractivity contribution is 6.80. The van der Waals surface area contributed by atoms with Gasteiger partial charge in [-0.25, -0.2) is 0 Å². The molecular weight excluding hydrogens is 269 g/mol. The van der Waals surface area contributed by atoms with Gasteiger partial charge in [-0.15, -0.1) is 0 Å². The molecule has 0 saturated carbocycles. The Kier molecular flexibility index (Phi) is 2.93. The molecule has 0 aromatic heterocycles. The van der Waals surface area contributed by atoms with Crippen LogP contribution in [0.25, 0.3) is 5.57 Å². The molecule has 2 aromatic carbocycles. The third-order valence-corrected chi connectivity index (χ3v) is 4.27. The van der Waals surface area contributed by atoms with Crippen LogP contribution in [0.4, 0.5) is 5.69 Å². The van der Waals surface area contributed by atoms with E-state index in [0.717, 1.165) is 33.6 Å². The molecule has 106 valence electrons. The number of benzene rings is 2. The second-order valence-electron chi connectivity index (χ2n) is 5.44. The summed E-state index contributed by atoms with van der Waals surface area (Å²) < 4.78 is 6.34. The number of fused-ring (bicyclic) bond motifs is 4. The van der Waals surface area contributed by atoms with E-state index in [1.165, 1.54) is 5.57 Å². The Morgan fingerprint density at radius 2 is 1.86 bits per heavy atom. The predicted molar refractivity (Wildman–Crippen MR) is 93.4 cm³/mol. The van der Waals surface area contributed by atoms with Crippen LogP contribution in [0.2, 0.25) is 0 Å². The van der Waals surface area contributed by atoms with Crippen LogP contribution < -0.4 is 15.4 Å². The third-order valence-electron chi connectivity index (χ3n) is 4.27. The zero-order valence-electron chi connectivity index (χ0n) is 12.5. The van der Waals surface area contributed by atoms with Gasteiger partial charge in [0.05, 0.1) is 0 Å². The molecule has 0 bridgehead atoms. The Morgan fingerprint density at radius 3 is 2.68 bits per heavy atom. The lowest BCUT2D eigenvalue weighted by molar-refractivity contribution is 0.580. The van der Waals surface area contributed by atoms with Gasteiger partial charge in [0.1, 0.15) is 5.75 Å². The SMILES string of the molecule is C=CC1=C2B(Oc3ccccc3/C2=C/C)c2ccccc2N1. The van der Waals surface area contributed by atoms with Gasteiger partial charge in [0, 0.05) is 22.4 Å². The van der Waals surface area contributed by atoms with E-state index in [0.29, 0.717) is 0 Å². The summed E-state index contributed by atoms with van der Waals surface area (Å²) in [6, 6.07) is 16.5. The number of para-hydroxylation sites is 2. The summed E-state index contributed by atoms with van der Waals surface area (Å²) in [4.78, 5) is 0. The fourth-order valence-corrected chi connectivity index (χ4v) is 3.29. The first-order valence-corrected chi connectivity index (χ1v) is 7.48. The van der Waals surface area contributed by atoms with Crippen LogP contribution in [-0.4, -0.2) is 6.92 Å². The Hall–Kier alpha value is -2.68. The van der Waals surface area contributed by atoms with Gasteiger partial charge < -0.3 is 9.97 Å². The molecule has 0 fully saturated rings. The van der Waals surface area contributed by atoms with E-state index in [4.69, 9.17) is 4.65 Å². The Bertz CT molecular complexity index is 835. The normalized spacial score (nSPS) is 17.1. The smallest absolute Gasteiger partial charge is 0.431 e. The lowest BCUT2D eigenvalue weighted by Gasteiger charge is -2.34. The second kappa shape index (κ2) is 4.95. The summed E-state index contributed by atoms with van der Waals surface area (Å²) in [6.07, 6.45) is 4.03. The highest BCUT2D eigenvalue weighted by Crippen LogP contribution is 2.41. The summed E-state index contributed by atoms with van der Waals surface area (Å²) >= 11 is 0. The van der Waals surface area contributed by atoms with E-state index in [-0.39, 0.29) is 6.92 Å². The van der Waals surface area contributed by atoms with Crippen molar-refractivity contribution in [3.8, 4) is 5.75 Å². The number of hydrogen-bond donors (Lipinski definition) is 1. The molecule has 0 aliphatic carbocycles. The third kappa shape index (κ3) is 1.75. The molecule has 2 aromatic rings. The molecule has 2 aliphatic heterocycles. The van der Waals surface area contributed by atoms with Crippen molar-refractivity contribution in [3.05, 3.63) is 84.0 Å². The molecule has 22 heavy (non-hydrogen) atoms. The van der Waals surface area contributed by atoms with E-state index in [9.17, 15) is 0 Å². The van der Waals surface area contributed by atoms with Gasteiger partial charge in [0.2, 0.25) is 0 Å². The quantitative estimate of drug-likeness (QED) is 0.805. The van der Waals surface area contributed by atoms with E-state index >= 15 is 0 Å². The number of hydrogen-bond acceptors (Lipinski definition) is 2. The zero-order chi connectivity index (χ0) is 15.1. The van der Waals surface area contributed by atoms with Gasteiger partial charge in [-0.05, 0) is 36.2 Å². The Morgan fingerprint density at radius 1 is 1.09 bits per heavy atom. The molecule has 2 nitrogen and oxygen atoms in total. The molecule has 0 amide bonds. The van der Waals surface area contributed by atoms with Gasteiger partial charge in [0.25, 0.3) is 0 Å². The van der Waals surface area contributed by atoms with E-state index < -0.39 is 0 Å². The van der Waals surface area contributed by atoms with Crippen molar-refractivity contribution in [1.82, 2.24) is 0 Å². The zero-order valence-corrected chi connectivity index (χ0v) is 12.5. The molecule has 3 heteroatoms. The van der Waals surface area contributed by atoms with Crippen molar-refractivity contribution in [2.45, 2.75) is 6.92 Å². The maximum Gasteiger partial charge on any atom is 0.431 e. The van der Waals surface area contributed by atoms with Gasteiger partial charge >= 0.3 is 6.92 Å². The first kappa shape index (κ1) is 13.0. The maximum atomic E-state index is 6.34. The standard InChI is InChI=1S/C19H16BNO/c1-3-13-14-9-5-8-12-18(14)22-20-15-10-6-7-11-17(15)21-16(4-2)19(13)20/h3-12,21H,2H2,1H3/b13-3-. The van der Waals surface area contributed by atoms with Crippen LogP contribution in [0.5, 0.6) is 5.75 Å². The van der Waals surface area contributed by atoms with Crippen molar-refractivity contribution < 1.29 is 4.65 Å². The van der Waals surface area contributed by atoms with Crippen LogP contribution in [0.3, 0.4) is 0 Å². The molecule has 2 heterocycles. The van der Waals surface area contributed by atoms with E-state index in [1.807, 2.05) is 30.3 Å². The van der Waals surface area contributed by atoms with Gasteiger partial charge in [-0.2, -0.15) is 0 Å². The lowest BCUT2D eigenvalue weighted by atomic mass is 9.48. The predicted octanol–water partition coefficient (Wildman–Crippen LogP) is 3.79.